The van der Waals surface area contributed by atoms with Crippen molar-refractivity contribution < 1.29 is 4.79 Å². The topological polar surface area (TPSA) is 71.2 Å². The van der Waals surface area contributed by atoms with Crippen molar-refractivity contribution >= 4 is 22.4 Å². The Morgan fingerprint density at radius 3 is 2.89 bits per heavy atom. The van der Waals surface area contributed by atoms with Gasteiger partial charge in [0.2, 0.25) is 0 Å². The number of likely N-dealkylation sites (tertiary alicyclic amines) is 1. The lowest BCUT2D eigenvalue weighted by molar-refractivity contribution is 0.0906. The molecule has 19 heavy (non-hydrogen) atoms. The third-order valence-corrected chi connectivity index (χ3v) is 4.18. The number of rotatable bonds is 5. The van der Waals surface area contributed by atoms with Crippen LogP contribution in [0.15, 0.2) is 5.38 Å². The number of amides is 1. The number of aromatic nitrogens is 1. The second-order valence-electron chi connectivity index (χ2n) is 5.01. The number of hydrogen-bond donors (Lipinski definition) is 2. The van der Waals surface area contributed by atoms with Crippen molar-refractivity contribution in [2.45, 2.75) is 38.6 Å². The highest BCUT2D eigenvalue weighted by atomic mass is 32.1. The average molecular weight is 282 g/mol. The van der Waals surface area contributed by atoms with Gasteiger partial charge in [-0.3, -0.25) is 4.79 Å². The average Bonchev–Trinajstić information content (AvgIpc) is 2.85. The molecular formula is C13H22N4OS. The summed E-state index contributed by atoms with van der Waals surface area (Å²) in [7, 11) is 0. The molecule has 6 heteroatoms. The van der Waals surface area contributed by atoms with Crippen LogP contribution in [0, 0.1) is 0 Å². The Morgan fingerprint density at radius 1 is 1.58 bits per heavy atom. The van der Waals surface area contributed by atoms with Crippen molar-refractivity contribution in [1.29, 1.82) is 0 Å². The number of anilines is 1. The summed E-state index contributed by atoms with van der Waals surface area (Å²) in [6.07, 6.45) is 4.54. The van der Waals surface area contributed by atoms with Crippen LogP contribution in [0.1, 0.15) is 43.1 Å². The fraction of sp³-hybridized carbons (Fsp3) is 0.692. The smallest absolute Gasteiger partial charge is 0.271 e. The molecule has 0 aliphatic carbocycles. The van der Waals surface area contributed by atoms with Crippen molar-refractivity contribution in [3.8, 4) is 0 Å². The quantitative estimate of drug-likeness (QED) is 0.862. The molecular weight excluding hydrogens is 260 g/mol. The van der Waals surface area contributed by atoms with E-state index < -0.39 is 0 Å². The van der Waals surface area contributed by atoms with Crippen molar-refractivity contribution in [3.63, 3.8) is 0 Å². The minimum atomic E-state index is -0.0973. The zero-order valence-electron chi connectivity index (χ0n) is 11.4. The Balaban J connectivity index is 1.75. The van der Waals surface area contributed by atoms with Crippen LogP contribution in [-0.4, -0.2) is 41.5 Å². The maximum absolute atomic E-state index is 11.9. The van der Waals surface area contributed by atoms with Gasteiger partial charge in [0.15, 0.2) is 5.13 Å². The zero-order chi connectivity index (χ0) is 13.7. The Bertz CT molecular complexity index is 413. The molecule has 106 valence electrons. The lowest BCUT2D eigenvalue weighted by Crippen LogP contribution is -2.44. The molecule has 0 aromatic carbocycles. The van der Waals surface area contributed by atoms with Gasteiger partial charge in [-0.1, -0.05) is 13.3 Å². The molecule has 0 bridgehead atoms. The fourth-order valence-corrected chi connectivity index (χ4v) is 2.88. The number of unbranched alkanes of at least 4 members (excludes halogenated alkanes) is 1. The van der Waals surface area contributed by atoms with Gasteiger partial charge in [-0.25, -0.2) is 4.98 Å². The molecule has 2 heterocycles. The third-order valence-electron chi connectivity index (χ3n) is 3.51. The van der Waals surface area contributed by atoms with Crippen LogP contribution >= 0.6 is 11.3 Å². The highest BCUT2D eigenvalue weighted by molar-refractivity contribution is 7.13. The van der Waals surface area contributed by atoms with E-state index in [1.54, 1.807) is 5.38 Å². The first kappa shape index (κ1) is 14.3. The molecule has 0 spiro atoms. The monoisotopic (exact) mass is 282 g/mol. The molecule has 1 aromatic heterocycles. The molecule has 0 atom stereocenters. The fourth-order valence-electron chi connectivity index (χ4n) is 2.33. The zero-order valence-corrected chi connectivity index (χ0v) is 12.2. The summed E-state index contributed by atoms with van der Waals surface area (Å²) in [5, 5.41) is 5.20. The van der Waals surface area contributed by atoms with Gasteiger partial charge >= 0.3 is 0 Å². The first-order valence-corrected chi connectivity index (χ1v) is 7.81. The number of piperidine rings is 1. The number of nitrogens with zero attached hydrogens (tertiary/aromatic N) is 2. The molecule has 1 aliphatic rings. The molecule has 0 radical (unpaired) electrons. The predicted molar refractivity (Wildman–Crippen MR) is 78.4 cm³/mol. The van der Waals surface area contributed by atoms with Crippen LogP contribution < -0.4 is 11.1 Å². The molecule has 5 nitrogen and oxygen atoms in total. The molecule has 1 aromatic rings. The second kappa shape index (κ2) is 6.86. The summed E-state index contributed by atoms with van der Waals surface area (Å²) in [5.41, 5.74) is 5.98. The van der Waals surface area contributed by atoms with Crippen LogP contribution in [0.4, 0.5) is 5.13 Å². The predicted octanol–water partition coefficient (Wildman–Crippen LogP) is 1.72. The van der Waals surface area contributed by atoms with E-state index in [4.69, 9.17) is 5.73 Å². The van der Waals surface area contributed by atoms with Crippen molar-refractivity contribution in [3.05, 3.63) is 11.1 Å². The van der Waals surface area contributed by atoms with E-state index in [1.165, 1.54) is 30.7 Å². The van der Waals surface area contributed by atoms with Crippen LogP contribution in [0.5, 0.6) is 0 Å². The molecule has 3 N–H and O–H groups in total. The summed E-state index contributed by atoms with van der Waals surface area (Å²) in [5.74, 6) is -0.0973. The highest BCUT2D eigenvalue weighted by Crippen LogP contribution is 2.14. The van der Waals surface area contributed by atoms with Gasteiger partial charge in [0.05, 0.1) is 0 Å². The SMILES string of the molecule is CCCCN1CCC(NC(=O)c2csc(N)n2)CC1. The number of nitrogens with two attached hydrogens (primary N) is 1. The van der Waals surface area contributed by atoms with Gasteiger partial charge in [0.25, 0.3) is 5.91 Å². The number of hydrogen-bond acceptors (Lipinski definition) is 5. The molecule has 1 amide bonds. The van der Waals surface area contributed by atoms with Gasteiger partial charge in [-0.15, -0.1) is 11.3 Å². The van der Waals surface area contributed by atoms with E-state index in [1.807, 2.05) is 0 Å². The van der Waals surface area contributed by atoms with E-state index in [9.17, 15) is 4.79 Å². The van der Waals surface area contributed by atoms with Crippen LogP contribution in [0.2, 0.25) is 0 Å². The maximum Gasteiger partial charge on any atom is 0.271 e. The van der Waals surface area contributed by atoms with E-state index in [-0.39, 0.29) is 11.9 Å². The van der Waals surface area contributed by atoms with Gasteiger partial charge in [-0.05, 0) is 25.8 Å². The third kappa shape index (κ3) is 4.18. The van der Waals surface area contributed by atoms with E-state index in [2.05, 4.69) is 22.1 Å². The Kier molecular flexibility index (Phi) is 5.15. The normalized spacial score (nSPS) is 17.5. The standard InChI is InChI=1S/C13H22N4OS/c1-2-3-6-17-7-4-10(5-8-17)15-12(18)11-9-19-13(14)16-11/h9-10H,2-8H2,1H3,(H2,14,16)(H,15,18). The van der Waals surface area contributed by atoms with Gasteiger partial charge in [0, 0.05) is 24.5 Å². The first-order valence-electron chi connectivity index (χ1n) is 6.93. The molecule has 0 unspecified atom stereocenters. The summed E-state index contributed by atoms with van der Waals surface area (Å²) in [6.45, 7) is 5.54. The van der Waals surface area contributed by atoms with Crippen molar-refractivity contribution in [2.75, 3.05) is 25.4 Å². The van der Waals surface area contributed by atoms with Crippen LogP contribution in [0.25, 0.3) is 0 Å². The molecule has 0 saturated carbocycles. The highest BCUT2D eigenvalue weighted by Gasteiger charge is 2.21. The minimum absolute atomic E-state index is 0.0973. The summed E-state index contributed by atoms with van der Waals surface area (Å²) in [6, 6.07) is 0.272. The largest absolute Gasteiger partial charge is 0.375 e. The number of thiazole rings is 1. The number of nitrogen functional groups attached to an aromatic ring is 1. The van der Waals surface area contributed by atoms with Crippen molar-refractivity contribution in [2.24, 2.45) is 0 Å². The summed E-state index contributed by atoms with van der Waals surface area (Å²) in [4.78, 5) is 18.4. The van der Waals surface area contributed by atoms with Crippen LogP contribution in [-0.2, 0) is 0 Å². The first-order chi connectivity index (χ1) is 9.19. The maximum atomic E-state index is 11.9. The van der Waals surface area contributed by atoms with Crippen molar-refractivity contribution in [1.82, 2.24) is 15.2 Å². The lowest BCUT2D eigenvalue weighted by atomic mass is 10.0. The van der Waals surface area contributed by atoms with Crippen LogP contribution in [0.3, 0.4) is 0 Å². The number of carbonyl (C=O) groups is 1. The van der Waals surface area contributed by atoms with Gasteiger partial charge in [-0.2, -0.15) is 0 Å². The second-order valence-corrected chi connectivity index (χ2v) is 5.90. The van der Waals surface area contributed by atoms with E-state index >= 15 is 0 Å². The van der Waals surface area contributed by atoms with E-state index in [0.717, 1.165) is 25.9 Å². The number of carbonyl (C=O) groups excluding carboxylic acids is 1. The summed E-state index contributed by atoms with van der Waals surface area (Å²) < 4.78 is 0. The minimum Gasteiger partial charge on any atom is -0.375 e. The Labute approximate surface area is 118 Å². The molecule has 1 fully saturated rings. The number of nitrogens with one attached hydrogen (secondary N) is 1. The summed E-state index contributed by atoms with van der Waals surface area (Å²) >= 11 is 1.30. The Hall–Kier alpha value is -1.14. The lowest BCUT2D eigenvalue weighted by Gasteiger charge is -2.32. The molecule has 2 rings (SSSR count). The van der Waals surface area contributed by atoms with Gasteiger partial charge < -0.3 is 16.0 Å². The molecule has 1 aliphatic heterocycles. The Morgan fingerprint density at radius 2 is 2.32 bits per heavy atom. The van der Waals surface area contributed by atoms with Gasteiger partial charge in [0.1, 0.15) is 5.69 Å². The van der Waals surface area contributed by atoms with E-state index in [0.29, 0.717) is 10.8 Å². The molecule has 1 saturated heterocycles.